The first-order chi connectivity index (χ1) is 84.2. The molecule has 3 heterocycles. The van der Waals surface area contributed by atoms with Gasteiger partial charge in [0.05, 0.1) is 52.5 Å². The van der Waals surface area contributed by atoms with E-state index in [1.807, 2.05) is 211 Å². The van der Waals surface area contributed by atoms with E-state index < -0.39 is 162 Å². The third-order valence-electron chi connectivity index (χ3n) is 26.8. The molecule has 0 aliphatic heterocycles. The smallest absolute Gasteiger partial charge is 0.137 e. The van der Waals surface area contributed by atoms with Crippen LogP contribution in [0, 0.1) is 5.82 Å². The molecular weight excluding hydrogens is 1770 g/mol. The van der Waals surface area contributed by atoms with Crippen LogP contribution in [0.25, 0.3) is 219 Å². The van der Waals surface area contributed by atoms with Gasteiger partial charge in [-0.3, -0.25) is 0 Å². The first kappa shape index (κ1) is 59.3. The number of furan rings is 3. The van der Waals surface area contributed by atoms with Crippen molar-refractivity contribution in [1.82, 2.24) is 0 Å². The fraction of sp³-hybridized carbons (Fsp3) is 0. The summed E-state index contributed by atoms with van der Waals surface area (Å²) in [6.07, 6.45) is 0. The zero-order valence-electron chi connectivity index (χ0n) is 106. The fourth-order valence-electron chi connectivity index (χ4n) is 19.9. The van der Waals surface area contributed by atoms with Gasteiger partial charge in [-0.25, -0.2) is 4.39 Å². The van der Waals surface area contributed by atoms with Gasteiger partial charge < -0.3 is 28.0 Å². The van der Waals surface area contributed by atoms with E-state index in [1.165, 1.54) is 17.0 Å². The third-order valence-corrected chi connectivity index (χ3v) is 26.8. The first-order valence-corrected chi connectivity index (χ1v) is 46.9. The van der Waals surface area contributed by atoms with E-state index in [0.29, 0.717) is 50.4 Å². The van der Waals surface area contributed by atoms with Crippen LogP contribution in [0.1, 0.15) is 41.1 Å². The zero-order valence-corrected chi connectivity index (χ0v) is 76.4. The zero-order chi connectivity index (χ0) is 122. The summed E-state index contributed by atoms with van der Waals surface area (Å²) in [5, 5.41) is 15.0. The van der Waals surface area contributed by atoms with Crippen LogP contribution in [0.2, 0.25) is 0 Å². The number of hydrogen-bond donors (Lipinski definition) is 0. The monoisotopic (exact) mass is 1880 g/mol. The normalized spacial score (nSPS) is 14.5. The number of hydrogen-bond acceptors (Lipinski definition) is 6. The summed E-state index contributed by atoms with van der Waals surface area (Å²) in [6.45, 7) is 0. The molecule has 29 rings (SSSR count). The molecule has 0 aliphatic carbocycles. The molecule has 0 radical (unpaired) electrons. The minimum Gasteiger partial charge on any atom is -0.456 e. The van der Waals surface area contributed by atoms with Gasteiger partial charge in [-0.2, -0.15) is 0 Å². The van der Waals surface area contributed by atoms with Crippen molar-refractivity contribution in [1.29, 1.82) is 0 Å². The highest BCUT2D eigenvalue weighted by Gasteiger charge is 2.26. The van der Waals surface area contributed by atoms with Crippen LogP contribution in [0.3, 0.4) is 0 Å². The van der Waals surface area contributed by atoms with Gasteiger partial charge in [0.2, 0.25) is 0 Å². The van der Waals surface area contributed by atoms with Crippen molar-refractivity contribution in [3.05, 3.63) is 539 Å². The van der Waals surface area contributed by atoms with E-state index in [-0.39, 0.29) is 102 Å². The predicted molar refractivity (Wildman–Crippen MR) is 609 cm³/mol. The molecule has 0 atom stereocenters. The average Bonchev–Trinajstić information content (AvgIpc) is 1.36. The Morgan fingerprint density at radius 1 is 0.172 bits per heavy atom. The Balaban J connectivity index is 0.000000124. The van der Waals surface area contributed by atoms with E-state index in [4.69, 9.17) is 51.6 Å². The maximum Gasteiger partial charge on any atom is 0.137 e. The second kappa shape index (κ2) is 35.9. The summed E-state index contributed by atoms with van der Waals surface area (Å²) < 4.78 is 293. The molecule has 3 aromatic heterocycles. The third kappa shape index (κ3) is 15.5. The lowest BCUT2D eigenvalue weighted by Crippen LogP contribution is -2.11. The van der Waals surface area contributed by atoms with E-state index in [1.54, 1.807) is 54.6 Å². The van der Waals surface area contributed by atoms with E-state index in [9.17, 15) is 2.74 Å². The van der Waals surface area contributed by atoms with E-state index >= 15 is 4.39 Å². The summed E-state index contributed by atoms with van der Waals surface area (Å²) in [5.41, 5.74) is 13.7. The van der Waals surface area contributed by atoms with Crippen LogP contribution in [-0.2, 0) is 0 Å². The Morgan fingerprint density at radius 3 is 1.09 bits per heavy atom. The van der Waals surface area contributed by atoms with Gasteiger partial charge in [-0.05, 0) is 277 Å². The maximum absolute atomic E-state index is 16.4. The highest BCUT2D eigenvalue weighted by atomic mass is 19.1. The molecule has 0 bridgehead atoms. The van der Waals surface area contributed by atoms with Crippen molar-refractivity contribution in [2.45, 2.75) is 0 Å². The molecule has 26 aromatic carbocycles. The van der Waals surface area contributed by atoms with Gasteiger partial charge in [-0.15, -0.1) is 0 Å². The molecule has 0 amide bonds. The summed E-state index contributed by atoms with van der Waals surface area (Å²) in [6, 6.07) is 96.9. The molecule has 0 saturated heterocycles. The molecule has 680 valence electrons. The quantitative estimate of drug-likeness (QED) is 0.0954. The van der Waals surface area contributed by atoms with Crippen LogP contribution in [0.5, 0.6) is 0 Å². The number of rotatable bonds is 15. The number of nitrogens with zero attached hydrogens (tertiary/aromatic N) is 3. The molecular formula is C138H88FN3O3. The van der Waals surface area contributed by atoms with Gasteiger partial charge >= 0.3 is 0 Å². The predicted octanol–water partition coefficient (Wildman–Crippen LogP) is 40.0. The minimum absolute atomic E-state index is 0.0147. The van der Waals surface area contributed by atoms with Crippen molar-refractivity contribution >= 4 is 203 Å². The molecule has 145 heavy (non-hydrogen) atoms. The number of fused-ring (bicyclic) bond motifs is 15. The van der Waals surface area contributed by atoms with Gasteiger partial charge in [0.1, 0.15) is 39.3 Å². The van der Waals surface area contributed by atoms with Crippen molar-refractivity contribution in [2.24, 2.45) is 0 Å². The molecule has 0 N–H and O–H groups in total. The SMILES string of the molecule is [2H]c1c([2H])c([2H])c(-c2c([2H])c([2H])c(N(c3ccc(-c4ccc5c(c4)oc4ccccc45)cc3)c3ccc(-c4c([2H])c([2H])c([2H])c5c([2H])c([2H])c([2H])c([2H])c45)cc3)c([2H])c2[2H])c([2H])c1[2H].[2H]c1c([2H])c([2H])c2c(-c3ccc(N(c4ccc(-c5ccc6c(c5)oc5ccccc56)cc4)c4cc5ccccc5c5ccccc45)cc3)c([2H])c([2H])c([2H])c2c1[2H].[2H]c1c([2H])c([2H])c2c([2H])c(-c3ccc(N(c4ccc5c(c4)oc4ccccc45)c4cc(F)c5ccc6cccc7ccc4c5c67)cc3)c([2H])c([2H])c2c1[2H]. The van der Waals surface area contributed by atoms with Crippen LogP contribution >= 0.6 is 0 Å². The van der Waals surface area contributed by atoms with Crippen LogP contribution in [-0.4, -0.2) is 0 Å². The molecule has 0 aliphatic rings. The molecule has 0 unspecified atom stereocenters. The highest BCUT2D eigenvalue weighted by Crippen LogP contribution is 2.50. The lowest BCUT2D eigenvalue weighted by molar-refractivity contribution is 0.640. The van der Waals surface area contributed by atoms with Gasteiger partial charge in [0.25, 0.3) is 0 Å². The number of anilines is 9. The lowest BCUT2D eigenvalue weighted by atomic mass is 9.92. The Morgan fingerprint density at radius 2 is 0.545 bits per heavy atom. The second-order valence-electron chi connectivity index (χ2n) is 35.1. The van der Waals surface area contributed by atoms with E-state index in [2.05, 4.69) is 83.8 Å². The molecule has 0 spiro atoms. The highest BCUT2D eigenvalue weighted by molar-refractivity contribution is 6.26. The van der Waals surface area contributed by atoms with Gasteiger partial charge in [-0.1, -0.05) is 382 Å². The lowest BCUT2D eigenvalue weighted by Gasteiger charge is -2.28. The summed E-state index contributed by atoms with van der Waals surface area (Å²) in [5.74, 6) is -0.372. The summed E-state index contributed by atoms with van der Waals surface area (Å²) in [4.78, 5) is 5.61. The van der Waals surface area contributed by atoms with Crippen LogP contribution < -0.4 is 14.7 Å². The Labute approximate surface area is 878 Å². The average molecular weight is 1890 g/mol. The Hall–Kier alpha value is -19.2. The topological polar surface area (TPSA) is 49.1 Å². The standard InChI is InChI=1S/C48H31NO.C46H31NO.C44H26FNO/c1-3-13-39-33(10-1)12-9-18-40(39)34-22-27-38(28-23-34)49(46-30-36-11-2-4-14-41(36)42-15-5-6-16-43(42)46)37-25-20-32(21-26-37)35-24-29-45-44-17-7-8-19-47(44)50-48(45)31-35;1-2-9-32(10-3-1)33-17-24-38(25-18-33)47(40-28-21-36(22-29-40)42-15-8-12-35-11-4-5-13-41(35)42)39-26-19-34(20-27-39)37-23-30-44-43-14-6-7-16-45(43)48-46(44)31-37;45-39-26-40(38-22-17-30-9-5-8-29-16-21-37(39)44(38)43(29)30)46(34-20-23-36-35-10-3-4-11-41(35)47-42(36)25-34)33-18-14-28(15-19-33)32-13-12-27-6-1-2-7-31(27)24-32/h1-31H;1-31H;1-26H/i1D,3D,9D,10D,12D,13D,18D;1D,2D,3D,4D,5D,8D,9D,10D,11D,12D,13D,15D,17D,18D,24D,25D;1D,2D,6D,7D,12D,13D,24D. The second-order valence-corrected chi connectivity index (χ2v) is 35.1. The van der Waals surface area contributed by atoms with Crippen LogP contribution in [0.4, 0.5) is 55.6 Å². The van der Waals surface area contributed by atoms with Gasteiger partial charge in [0.15, 0.2) is 0 Å². The van der Waals surface area contributed by atoms with Crippen molar-refractivity contribution in [3.63, 3.8) is 0 Å². The Bertz CT molecular complexity index is 12000. The molecule has 6 nitrogen and oxygen atoms in total. The van der Waals surface area contributed by atoms with Crippen LogP contribution in [0.15, 0.2) is 546 Å². The fourth-order valence-corrected chi connectivity index (χ4v) is 19.9. The van der Waals surface area contributed by atoms with Crippen molar-refractivity contribution in [3.8, 4) is 66.8 Å². The number of para-hydroxylation sites is 3. The van der Waals surface area contributed by atoms with Gasteiger partial charge in [0, 0.05) is 99.7 Å². The van der Waals surface area contributed by atoms with Crippen molar-refractivity contribution in [2.75, 3.05) is 14.7 Å². The number of benzene rings is 26. The van der Waals surface area contributed by atoms with Crippen molar-refractivity contribution < 1.29 is 58.8 Å². The molecule has 0 saturated carbocycles. The molecule has 7 heteroatoms. The maximum atomic E-state index is 16.4. The molecule has 29 aromatic rings. The minimum atomic E-state index is -0.702. The van der Waals surface area contributed by atoms with E-state index in [0.717, 1.165) is 142 Å². The molecule has 0 fully saturated rings. The summed E-state index contributed by atoms with van der Waals surface area (Å²) >= 11 is 0. The summed E-state index contributed by atoms with van der Waals surface area (Å²) in [7, 11) is 0. The first-order valence-electron chi connectivity index (χ1n) is 61.9. The largest absolute Gasteiger partial charge is 0.456 e. The Kier molecular flexibility index (Phi) is 14.7. The number of halogens is 1.